The molecule has 78 valence electrons. The van der Waals surface area contributed by atoms with Gasteiger partial charge in [-0.15, -0.1) is 0 Å². The van der Waals surface area contributed by atoms with Gasteiger partial charge in [-0.2, -0.15) is 8.42 Å². The van der Waals surface area contributed by atoms with Crippen molar-refractivity contribution < 1.29 is 22.1 Å². The van der Waals surface area contributed by atoms with Gasteiger partial charge in [-0.3, -0.25) is 8.98 Å². The van der Waals surface area contributed by atoms with Crippen LogP contribution in [-0.4, -0.2) is 32.9 Å². The minimum Gasteiger partial charge on any atom is -0.460 e. The Balaban J connectivity index is 4.11. The van der Waals surface area contributed by atoms with E-state index in [2.05, 4.69) is 4.18 Å². The Morgan fingerprint density at radius 2 is 1.69 bits per heavy atom. The Hall–Kier alpha value is -0.620. The van der Waals surface area contributed by atoms with Crippen LogP contribution < -0.4 is 0 Å². The van der Waals surface area contributed by atoms with Crippen LogP contribution in [0.5, 0.6) is 0 Å². The van der Waals surface area contributed by atoms with Crippen molar-refractivity contribution in [2.45, 2.75) is 33.0 Å². The molecule has 0 aliphatic rings. The first-order chi connectivity index (χ1) is 5.72. The summed E-state index contributed by atoms with van der Waals surface area (Å²) in [5.41, 5.74) is 0. The average molecular weight is 210 g/mol. The quantitative estimate of drug-likeness (QED) is 0.493. The standard InChI is InChI=1S/C7H14O5S/c1-5(11-7(3)8)6(2)12-13(4,9)10/h5-6H,1-4H3/t5-,6+/m0/s1. The summed E-state index contributed by atoms with van der Waals surface area (Å²) in [7, 11) is -3.50. The van der Waals surface area contributed by atoms with Crippen molar-refractivity contribution in [2.24, 2.45) is 0 Å². The van der Waals surface area contributed by atoms with Crippen molar-refractivity contribution in [3.05, 3.63) is 0 Å². The fourth-order valence-corrected chi connectivity index (χ4v) is 1.42. The number of esters is 1. The lowest BCUT2D eigenvalue weighted by Crippen LogP contribution is -2.29. The number of carbonyl (C=O) groups is 1. The summed E-state index contributed by atoms with van der Waals surface area (Å²) in [6.45, 7) is 4.34. The molecule has 0 aliphatic carbocycles. The van der Waals surface area contributed by atoms with Crippen LogP contribution in [0.15, 0.2) is 0 Å². The summed E-state index contributed by atoms with van der Waals surface area (Å²) >= 11 is 0. The van der Waals surface area contributed by atoms with Gasteiger partial charge in [0.25, 0.3) is 10.1 Å². The highest BCUT2D eigenvalue weighted by Gasteiger charge is 2.19. The molecule has 0 aromatic carbocycles. The summed E-state index contributed by atoms with van der Waals surface area (Å²) in [6.07, 6.45) is -0.296. The highest BCUT2D eigenvalue weighted by molar-refractivity contribution is 7.86. The monoisotopic (exact) mass is 210 g/mol. The van der Waals surface area contributed by atoms with E-state index in [9.17, 15) is 13.2 Å². The molecule has 0 aliphatic heterocycles. The minimum atomic E-state index is -3.50. The normalized spacial score (nSPS) is 16.3. The number of carbonyl (C=O) groups excluding carboxylic acids is 1. The van der Waals surface area contributed by atoms with Gasteiger partial charge in [0.2, 0.25) is 0 Å². The van der Waals surface area contributed by atoms with Gasteiger partial charge >= 0.3 is 5.97 Å². The molecule has 0 amide bonds. The van der Waals surface area contributed by atoms with Gasteiger partial charge in [0.1, 0.15) is 12.2 Å². The fraction of sp³-hybridized carbons (Fsp3) is 0.857. The van der Waals surface area contributed by atoms with E-state index in [1.165, 1.54) is 13.8 Å². The lowest BCUT2D eigenvalue weighted by atomic mass is 10.3. The molecule has 2 atom stereocenters. The van der Waals surface area contributed by atoms with Gasteiger partial charge in [0, 0.05) is 6.92 Å². The van der Waals surface area contributed by atoms with Gasteiger partial charge < -0.3 is 4.74 Å². The second-order valence-corrected chi connectivity index (χ2v) is 4.42. The van der Waals surface area contributed by atoms with E-state index in [1.54, 1.807) is 6.92 Å². The third kappa shape index (κ3) is 6.53. The number of hydrogen-bond donors (Lipinski definition) is 0. The van der Waals surface area contributed by atoms with E-state index < -0.39 is 28.3 Å². The predicted molar refractivity (Wildman–Crippen MR) is 46.6 cm³/mol. The third-order valence-electron chi connectivity index (χ3n) is 1.34. The molecule has 0 aromatic heterocycles. The van der Waals surface area contributed by atoms with Gasteiger partial charge in [0.05, 0.1) is 6.26 Å². The van der Waals surface area contributed by atoms with Crippen LogP contribution in [0.25, 0.3) is 0 Å². The highest BCUT2D eigenvalue weighted by atomic mass is 32.2. The fourth-order valence-electron chi connectivity index (χ4n) is 0.712. The van der Waals surface area contributed by atoms with Gasteiger partial charge in [0.15, 0.2) is 0 Å². The summed E-state index contributed by atoms with van der Waals surface area (Å²) in [5, 5.41) is 0. The first-order valence-corrected chi connectivity index (χ1v) is 5.59. The maximum absolute atomic E-state index is 10.7. The average Bonchev–Trinajstić information content (AvgIpc) is 1.81. The van der Waals surface area contributed by atoms with Crippen molar-refractivity contribution in [3.63, 3.8) is 0 Å². The molecule has 0 bridgehead atoms. The molecule has 13 heavy (non-hydrogen) atoms. The summed E-state index contributed by atoms with van der Waals surface area (Å²) in [6, 6.07) is 0. The van der Waals surface area contributed by atoms with E-state index in [-0.39, 0.29) is 0 Å². The Morgan fingerprint density at radius 3 is 2.00 bits per heavy atom. The lowest BCUT2D eigenvalue weighted by molar-refractivity contribution is -0.149. The summed E-state index contributed by atoms with van der Waals surface area (Å²) in [4.78, 5) is 10.5. The van der Waals surface area contributed by atoms with E-state index >= 15 is 0 Å². The zero-order chi connectivity index (χ0) is 10.6. The number of hydrogen-bond acceptors (Lipinski definition) is 5. The summed E-state index contributed by atoms with van der Waals surface area (Å²) < 4.78 is 30.7. The molecule has 6 heteroatoms. The Morgan fingerprint density at radius 1 is 1.23 bits per heavy atom. The highest BCUT2D eigenvalue weighted by Crippen LogP contribution is 2.06. The van der Waals surface area contributed by atoms with Crippen LogP contribution in [0.3, 0.4) is 0 Å². The molecule has 0 radical (unpaired) electrons. The van der Waals surface area contributed by atoms with E-state index in [4.69, 9.17) is 4.74 Å². The largest absolute Gasteiger partial charge is 0.460 e. The van der Waals surface area contributed by atoms with E-state index in [1.807, 2.05) is 0 Å². The van der Waals surface area contributed by atoms with E-state index in [0.29, 0.717) is 0 Å². The van der Waals surface area contributed by atoms with Crippen molar-refractivity contribution in [3.8, 4) is 0 Å². The van der Waals surface area contributed by atoms with Crippen molar-refractivity contribution >= 4 is 16.1 Å². The van der Waals surface area contributed by atoms with Crippen LogP contribution in [0, 0.1) is 0 Å². The van der Waals surface area contributed by atoms with Crippen LogP contribution >= 0.6 is 0 Å². The molecular weight excluding hydrogens is 196 g/mol. The van der Waals surface area contributed by atoms with Crippen LogP contribution in [-0.2, 0) is 23.8 Å². The zero-order valence-corrected chi connectivity index (χ0v) is 8.92. The van der Waals surface area contributed by atoms with Crippen LogP contribution in [0.4, 0.5) is 0 Å². The minimum absolute atomic E-state index is 0.462. The van der Waals surface area contributed by atoms with Gasteiger partial charge in [-0.1, -0.05) is 0 Å². The number of rotatable bonds is 4. The molecule has 0 rings (SSSR count). The maximum atomic E-state index is 10.7. The van der Waals surface area contributed by atoms with Crippen LogP contribution in [0.2, 0.25) is 0 Å². The molecule has 0 unspecified atom stereocenters. The molecule has 0 saturated heterocycles. The Kier molecular flexibility index (Phi) is 4.35. The smallest absolute Gasteiger partial charge is 0.302 e. The molecule has 0 fully saturated rings. The topological polar surface area (TPSA) is 69.7 Å². The van der Waals surface area contributed by atoms with Crippen LogP contribution in [0.1, 0.15) is 20.8 Å². The van der Waals surface area contributed by atoms with E-state index in [0.717, 1.165) is 6.26 Å². The number of ether oxygens (including phenoxy) is 1. The first kappa shape index (κ1) is 12.4. The van der Waals surface area contributed by atoms with Gasteiger partial charge in [-0.05, 0) is 13.8 Å². The predicted octanol–water partition coefficient (Wildman–Crippen LogP) is 0.303. The summed E-state index contributed by atoms with van der Waals surface area (Å²) in [5.74, 6) is -0.462. The third-order valence-corrected chi connectivity index (χ3v) is 1.99. The van der Waals surface area contributed by atoms with Crippen molar-refractivity contribution in [2.75, 3.05) is 6.26 Å². The SMILES string of the molecule is CC(=O)O[C@@H](C)[C@@H](C)OS(C)(=O)=O. The maximum Gasteiger partial charge on any atom is 0.302 e. The molecule has 0 aromatic rings. The first-order valence-electron chi connectivity index (χ1n) is 3.78. The van der Waals surface area contributed by atoms with Crippen molar-refractivity contribution in [1.29, 1.82) is 0 Å². The molecular formula is C7H14O5S. The molecule has 0 N–H and O–H groups in total. The van der Waals surface area contributed by atoms with Crippen molar-refractivity contribution in [1.82, 2.24) is 0 Å². The second kappa shape index (κ2) is 4.57. The Labute approximate surface area is 78.2 Å². The molecule has 5 nitrogen and oxygen atoms in total. The molecule has 0 heterocycles. The second-order valence-electron chi connectivity index (χ2n) is 2.82. The Bertz CT molecular complexity index is 269. The van der Waals surface area contributed by atoms with Gasteiger partial charge in [-0.25, -0.2) is 0 Å². The lowest BCUT2D eigenvalue weighted by Gasteiger charge is -2.18. The molecule has 0 spiro atoms. The molecule has 0 saturated carbocycles. The zero-order valence-electron chi connectivity index (χ0n) is 8.10.